The van der Waals surface area contributed by atoms with Gasteiger partial charge < -0.3 is 0 Å². The highest BCUT2D eigenvalue weighted by Crippen LogP contribution is 2.30. The number of benzene rings is 2. The maximum absolute atomic E-state index is 12.4. The molecule has 0 aromatic heterocycles. The van der Waals surface area contributed by atoms with E-state index in [9.17, 15) is 13.2 Å². The van der Waals surface area contributed by atoms with E-state index >= 15 is 0 Å². The van der Waals surface area contributed by atoms with Gasteiger partial charge in [0.2, 0.25) is 0 Å². The minimum absolute atomic E-state index is 0.631. The Balaban J connectivity index is 2.31. The van der Waals surface area contributed by atoms with Crippen molar-refractivity contribution in [2.45, 2.75) is 6.18 Å². The van der Waals surface area contributed by atoms with Crippen LogP contribution < -0.4 is 0 Å². The fourth-order valence-electron chi connectivity index (χ4n) is 1.66. The highest BCUT2D eigenvalue weighted by Gasteiger charge is 2.29. The average Bonchev–Trinajstić information content (AvgIpc) is 2.38. The Kier molecular flexibility index (Phi) is 3.24. The molecule has 0 aliphatic heterocycles. The van der Waals surface area contributed by atoms with Gasteiger partial charge in [-0.1, -0.05) is 49.1 Å². The smallest absolute Gasteiger partial charge is 0.166 e. The molecule has 0 saturated carbocycles. The Morgan fingerprint density at radius 3 is 1.61 bits per heavy atom. The Labute approximate surface area is 103 Å². The van der Waals surface area contributed by atoms with Gasteiger partial charge >= 0.3 is 6.18 Å². The number of alkyl halides is 3. The summed E-state index contributed by atoms with van der Waals surface area (Å²) in [4.78, 5) is 0. The van der Waals surface area contributed by atoms with Crippen LogP contribution in [0.15, 0.2) is 55.1 Å². The van der Waals surface area contributed by atoms with Gasteiger partial charge in [0, 0.05) is 0 Å². The lowest BCUT2D eigenvalue weighted by molar-refractivity contribution is -0.137. The van der Waals surface area contributed by atoms with Crippen LogP contribution in [0.3, 0.4) is 0 Å². The summed E-state index contributed by atoms with van der Waals surface area (Å²) in [5.74, 6) is 0. The van der Waals surface area contributed by atoms with E-state index in [4.69, 9.17) is 0 Å². The van der Waals surface area contributed by atoms with Gasteiger partial charge in [-0.15, -0.1) is 0 Å². The van der Waals surface area contributed by atoms with Crippen molar-refractivity contribution in [1.82, 2.24) is 0 Å². The summed E-state index contributed by atoms with van der Waals surface area (Å²) >= 11 is 0. The standard InChI is InChI=1S/C15H11F3/c1-2-11-3-5-12(6-4-11)13-7-9-14(10-8-13)15(16,17)18/h2-10H,1H2. The first kappa shape index (κ1) is 12.4. The van der Waals surface area contributed by atoms with Crippen LogP contribution in [0, 0.1) is 0 Å². The van der Waals surface area contributed by atoms with E-state index in [-0.39, 0.29) is 0 Å². The Hall–Kier alpha value is -2.03. The Morgan fingerprint density at radius 2 is 1.22 bits per heavy atom. The zero-order valence-electron chi connectivity index (χ0n) is 9.54. The predicted octanol–water partition coefficient (Wildman–Crippen LogP) is 5.02. The lowest BCUT2D eigenvalue weighted by Gasteiger charge is -2.08. The van der Waals surface area contributed by atoms with Crippen molar-refractivity contribution in [3.8, 4) is 11.1 Å². The minimum Gasteiger partial charge on any atom is -0.166 e. The van der Waals surface area contributed by atoms with Crippen LogP contribution >= 0.6 is 0 Å². The largest absolute Gasteiger partial charge is 0.416 e. The van der Waals surface area contributed by atoms with E-state index in [0.29, 0.717) is 0 Å². The molecule has 2 aromatic rings. The molecule has 0 unspecified atom stereocenters. The zero-order chi connectivity index (χ0) is 13.2. The molecule has 2 rings (SSSR count). The number of halogens is 3. The second kappa shape index (κ2) is 4.69. The fourth-order valence-corrected chi connectivity index (χ4v) is 1.66. The SMILES string of the molecule is C=Cc1ccc(-c2ccc(C(F)(F)F)cc2)cc1. The van der Waals surface area contributed by atoms with Gasteiger partial charge in [-0.2, -0.15) is 13.2 Å². The summed E-state index contributed by atoms with van der Waals surface area (Å²) in [5.41, 5.74) is 1.99. The lowest BCUT2D eigenvalue weighted by Crippen LogP contribution is -2.03. The van der Waals surface area contributed by atoms with Gasteiger partial charge in [-0.3, -0.25) is 0 Å². The maximum Gasteiger partial charge on any atom is 0.416 e. The number of rotatable bonds is 2. The Morgan fingerprint density at radius 1 is 0.778 bits per heavy atom. The van der Waals surface area contributed by atoms with E-state index in [1.807, 2.05) is 24.3 Å². The first-order valence-electron chi connectivity index (χ1n) is 5.41. The van der Waals surface area contributed by atoms with Gasteiger partial charge in [-0.05, 0) is 28.8 Å². The minimum atomic E-state index is -4.29. The Bertz CT molecular complexity index is 533. The molecule has 0 heterocycles. The van der Waals surface area contributed by atoms with E-state index in [1.54, 1.807) is 6.08 Å². The van der Waals surface area contributed by atoms with Crippen molar-refractivity contribution in [2.75, 3.05) is 0 Å². The fraction of sp³-hybridized carbons (Fsp3) is 0.0667. The molecular weight excluding hydrogens is 237 g/mol. The molecule has 0 aliphatic rings. The van der Waals surface area contributed by atoms with Crippen LogP contribution in [0.25, 0.3) is 17.2 Å². The highest BCUT2D eigenvalue weighted by molar-refractivity contribution is 5.65. The molecule has 0 nitrogen and oxygen atoms in total. The molecule has 0 bridgehead atoms. The molecule has 18 heavy (non-hydrogen) atoms. The van der Waals surface area contributed by atoms with E-state index in [1.165, 1.54) is 12.1 Å². The van der Waals surface area contributed by atoms with E-state index in [2.05, 4.69) is 6.58 Å². The van der Waals surface area contributed by atoms with Gasteiger partial charge in [0.05, 0.1) is 5.56 Å². The zero-order valence-corrected chi connectivity index (χ0v) is 9.54. The molecule has 0 amide bonds. The van der Waals surface area contributed by atoms with Crippen molar-refractivity contribution in [2.24, 2.45) is 0 Å². The highest BCUT2D eigenvalue weighted by atomic mass is 19.4. The van der Waals surface area contributed by atoms with Crippen molar-refractivity contribution < 1.29 is 13.2 Å². The summed E-state index contributed by atoms with van der Waals surface area (Å²) in [5, 5.41) is 0. The molecule has 0 atom stereocenters. The third-order valence-electron chi connectivity index (χ3n) is 2.69. The molecule has 2 aromatic carbocycles. The molecule has 3 heteroatoms. The number of hydrogen-bond donors (Lipinski definition) is 0. The van der Waals surface area contributed by atoms with Crippen molar-refractivity contribution in [3.63, 3.8) is 0 Å². The van der Waals surface area contributed by atoms with Crippen molar-refractivity contribution in [1.29, 1.82) is 0 Å². The van der Waals surface area contributed by atoms with Crippen LogP contribution in [0.5, 0.6) is 0 Å². The van der Waals surface area contributed by atoms with E-state index < -0.39 is 11.7 Å². The third kappa shape index (κ3) is 2.62. The molecule has 92 valence electrons. The van der Waals surface area contributed by atoms with Crippen molar-refractivity contribution in [3.05, 3.63) is 66.2 Å². The monoisotopic (exact) mass is 248 g/mol. The van der Waals surface area contributed by atoms with Crippen LogP contribution in [0.1, 0.15) is 11.1 Å². The van der Waals surface area contributed by atoms with Crippen LogP contribution in [-0.2, 0) is 6.18 Å². The van der Waals surface area contributed by atoms with Crippen LogP contribution in [0.4, 0.5) is 13.2 Å². The third-order valence-corrected chi connectivity index (χ3v) is 2.69. The molecule has 0 radical (unpaired) electrons. The summed E-state index contributed by atoms with van der Waals surface area (Å²) in [6.07, 6.45) is -2.57. The molecule has 0 aliphatic carbocycles. The van der Waals surface area contributed by atoms with Gasteiger partial charge in [-0.25, -0.2) is 0 Å². The summed E-state index contributed by atoms with van der Waals surface area (Å²) in [6.45, 7) is 3.65. The molecular formula is C15H11F3. The molecule has 0 saturated heterocycles. The van der Waals surface area contributed by atoms with Gasteiger partial charge in [0.15, 0.2) is 0 Å². The summed E-state index contributed by atoms with van der Waals surface area (Å²) < 4.78 is 37.2. The van der Waals surface area contributed by atoms with Gasteiger partial charge in [0.1, 0.15) is 0 Å². The maximum atomic E-state index is 12.4. The second-order valence-corrected chi connectivity index (χ2v) is 3.90. The topological polar surface area (TPSA) is 0 Å². The second-order valence-electron chi connectivity index (χ2n) is 3.90. The normalized spacial score (nSPS) is 11.3. The van der Waals surface area contributed by atoms with Crippen LogP contribution in [0.2, 0.25) is 0 Å². The van der Waals surface area contributed by atoms with Gasteiger partial charge in [0.25, 0.3) is 0 Å². The number of hydrogen-bond acceptors (Lipinski definition) is 0. The molecule has 0 N–H and O–H groups in total. The summed E-state index contributed by atoms with van der Waals surface area (Å²) in [6, 6.07) is 12.6. The quantitative estimate of drug-likeness (QED) is 0.700. The molecule has 0 spiro atoms. The predicted molar refractivity (Wildman–Crippen MR) is 67.0 cm³/mol. The van der Waals surface area contributed by atoms with Crippen LogP contribution in [-0.4, -0.2) is 0 Å². The first-order chi connectivity index (χ1) is 8.50. The summed E-state index contributed by atoms with van der Waals surface area (Å²) in [7, 11) is 0. The first-order valence-corrected chi connectivity index (χ1v) is 5.41. The molecule has 0 fully saturated rings. The van der Waals surface area contributed by atoms with Crippen molar-refractivity contribution >= 4 is 6.08 Å². The van der Waals surface area contributed by atoms with E-state index in [0.717, 1.165) is 28.8 Å². The lowest BCUT2D eigenvalue weighted by atomic mass is 10.0. The average molecular weight is 248 g/mol.